The number of rotatable bonds is 2. The van der Waals surface area contributed by atoms with Crippen molar-refractivity contribution in [1.29, 1.82) is 0 Å². The molecule has 0 N–H and O–H groups in total. The fraction of sp³-hybridized carbons (Fsp3) is 0.667. The van der Waals surface area contributed by atoms with Gasteiger partial charge in [-0.25, -0.2) is 0 Å². The van der Waals surface area contributed by atoms with Crippen molar-refractivity contribution in [2.45, 2.75) is 24.3 Å². The van der Waals surface area contributed by atoms with Gasteiger partial charge in [0.2, 0.25) is 5.89 Å². The highest BCUT2D eigenvalue weighted by atomic mass is 79.9. The molecular formula is C6H6BrF3N2O. The van der Waals surface area contributed by atoms with E-state index < -0.39 is 12.1 Å². The third-order valence-electron chi connectivity index (χ3n) is 1.31. The maximum atomic E-state index is 12.0. The molecule has 0 radical (unpaired) electrons. The fourth-order valence-electron chi connectivity index (χ4n) is 0.650. The number of nitrogens with zero attached hydrogens (tertiary/aromatic N) is 2. The van der Waals surface area contributed by atoms with Gasteiger partial charge in [0.1, 0.15) is 0 Å². The van der Waals surface area contributed by atoms with Crippen molar-refractivity contribution in [3.63, 3.8) is 0 Å². The first-order chi connectivity index (χ1) is 5.95. The summed E-state index contributed by atoms with van der Waals surface area (Å²) >= 11 is 3.10. The van der Waals surface area contributed by atoms with Crippen molar-refractivity contribution in [1.82, 2.24) is 10.2 Å². The predicted octanol–water partition coefficient (Wildman–Crippen LogP) is 2.93. The molecule has 0 fully saturated rings. The molecule has 0 aliphatic rings. The van der Waals surface area contributed by atoms with Crippen LogP contribution in [0.1, 0.15) is 30.0 Å². The highest BCUT2D eigenvalue weighted by Gasteiger charge is 2.38. The Morgan fingerprint density at radius 3 is 2.46 bits per heavy atom. The first-order valence-corrected chi connectivity index (χ1v) is 4.41. The molecule has 0 aromatic carbocycles. The van der Waals surface area contributed by atoms with Gasteiger partial charge in [0, 0.05) is 0 Å². The second-order valence-electron chi connectivity index (χ2n) is 2.32. The van der Waals surface area contributed by atoms with Crippen molar-refractivity contribution in [3.05, 3.63) is 11.8 Å². The van der Waals surface area contributed by atoms with Gasteiger partial charge in [0.05, 0.1) is 4.83 Å². The van der Waals surface area contributed by atoms with E-state index in [9.17, 15) is 13.2 Å². The Balaban J connectivity index is 2.87. The van der Waals surface area contributed by atoms with Crippen LogP contribution >= 0.6 is 15.9 Å². The summed E-state index contributed by atoms with van der Waals surface area (Å²) in [4.78, 5) is -0.323. The second kappa shape index (κ2) is 3.65. The average molecular weight is 259 g/mol. The van der Waals surface area contributed by atoms with Crippen molar-refractivity contribution in [2.75, 3.05) is 0 Å². The Morgan fingerprint density at radius 1 is 1.46 bits per heavy atom. The molecule has 1 heterocycles. The molecule has 0 saturated heterocycles. The van der Waals surface area contributed by atoms with E-state index in [-0.39, 0.29) is 10.7 Å². The highest BCUT2D eigenvalue weighted by Crippen LogP contribution is 2.31. The Hall–Kier alpha value is -0.590. The molecule has 0 spiro atoms. The molecule has 1 rings (SSSR count). The van der Waals surface area contributed by atoms with Crippen molar-refractivity contribution >= 4 is 15.9 Å². The standard InChI is InChI=1S/C6H6BrF3N2O/c1-2-3(7)4-11-12-5(13-4)6(8,9)10/h3H,2H2,1H3. The summed E-state index contributed by atoms with van der Waals surface area (Å²) in [6.07, 6.45) is -3.98. The van der Waals surface area contributed by atoms with Crippen LogP contribution in [0.3, 0.4) is 0 Å². The number of halogens is 4. The van der Waals surface area contributed by atoms with Crippen molar-refractivity contribution in [2.24, 2.45) is 0 Å². The van der Waals surface area contributed by atoms with E-state index >= 15 is 0 Å². The van der Waals surface area contributed by atoms with Gasteiger partial charge in [-0.2, -0.15) is 13.2 Å². The minimum absolute atomic E-state index is 0.0465. The average Bonchev–Trinajstić information content (AvgIpc) is 2.50. The third-order valence-corrected chi connectivity index (χ3v) is 2.35. The molecule has 0 saturated carbocycles. The number of hydrogen-bond donors (Lipinski definition) is 0. The number of alkyl halides is 4. The Kier molecular flexibility index (Phi) is 2.94. The van der Waals surface area contributed by atoms with Crippen LogP contribution in [-0.2, 0) is 6.18 Å². The van der Waals surface area contributed by atoms with Crippen LogP contribution in [0.5, 0.6) is 0 Å². The van der Waals surface area contributed by atoms with Gasteiger partial charge < -0.3 is 4.42 Å². The summed E-state index contributed by atoms with van der Waals surface area (Å²) in [6.45, 7) is 1.79. The zero-order valence-corrected chi connectivity index (χ0v) is 8.18. The van der Waals surface area contributed by atoms with E-state index in [0.717, 1.165) is 0 Å². The van der Waals surface area contributed by atoms with Gasteiger partial charge in [0.25, 0.3) is 0 Å². The van der Waals surface area contributed by atoms with Crippen LogP contribution in [0.2, 0.25) is 0 Å². The molecule has 1 aromatic rings. The molecule has 1 atom stereocenters. The zero-order valence-electron chi connectivity index (χ0n) is 6.60. The largest absolute Gasteiger partial charge is 0.470 e. The first-order valence-electron chi connectivity index (χ1n) is 3.49. The summed E-state index contributed by atoms with van der Waals surface area (Å²) in [7, 11) is 0. The normalized spacial score (nSPS) is 14.5. The van der Waals surface area contributed by atoms with Crippen LogP contribution in [-0.4, -0.2) is 10.2 Å². The summed E-state index contributed by atoms with van der Waals surface area (Å²) in [5, 5.41) is 6.15. The smallest absolute Gasteiger partial charge is 0.416 e. The predicted molar refractivity (Wildman–Crippen MR) is 41.3 cm³/mol. The summed E-state index contributed by atoms with van der Waals surface area (Å²) in [6, 6.07) is 0. The lowest BCUT2D eigenvalue weighted by Crippen LogP contribution is -2.04. The van der Waals surface area contributed by atoms with Gasteiger partial charge >= 0.3 is 12.1 Å². The molecule has 0 bridgehead atoms. The summed E-state index contributed by atoms with van der Waals surface area (Å²) < 4.78 is 40.3. The minimum atomic E-state index is -4.56. The van der Waals surface area contributed by atoms with E-state index in [2.05, 4.69) is 30.5 Å². The Morgan fingerprint density at radius 2 is 2.08 bits per heavy atom. The molecule has 1 aromatic heterocycles. The SMILES string of the molecule is CCC(Br)c1nnc(C(F)(F)F)o1. The second-order valence-corrected chi connectivity index (χ2v) is 3.42. The lowest BCUT2D eigenvalue weighted by atomic mass is 10.3. The molecule has 74 valence electrons. The third kappa shape index (κ3) is 2.43. The summed E-state index contributed by atoms with van der Waals surface area (Å²) in [5.74, 6) is -1.35. The fourth-order valence-corrected chi connectivity index (χ4v) is 0.835. The maximum absolute atomic E-state index is 12.0. The molecular weight excluding hydrogens is 253 g/mol. The monoisotopic (exact) mass is 258 g/mol. The van der Waals surface area contributed by atoms with Gasteiger partial charge in [-0.15, -0.1) is 10.2 Å². The molecule has 3 nitrogen and oxygen atoms in total. The molecule has 1 unspecified atom stereocenters. The first kappa shape index (κ1) is 10.5. The van der Waals surface area contributed by atoms with Crippen LogP contribution in [0.4, 0.5) is 13.2 Å². The molecule has 0 amide bonds. The zero-order chi connectivity index (χ0) is 10.1. The van der Waals surface area contributed by atoms with E-state index in [1.807, 2.05) is 0 Å². The quantitative estimate of drug-likeness (QED) is 0.766. The Labute approximate surface area is 80.5 Å². The number of hydrogen-bond acceptors (Lipinski definition) is 3. The van der Waals surface area contributed by atoms with Crippen LogP contribution in [0.15, 0.2) is 4.42 Å². The molecule has 7 heteroatoms. The molecule has 0 aliphatic carbocycles. The lowest BCUT2D eigenvalue weighted by molar-refractivity contribution is -0.157. The van der Waals surface area contributed by atoms with Gasteiger partial charge in [0.15, 0.2) is 0 Å². The number of aromatic nitrogens is 2. The van der Waals surface area contributed by atoms with Crippen molar-refractivity contribution in [3.8, 4) is 0 Å². The van der Waals surface area contributed by atoms with Gasteiger partial charge in [-0.1, -0.05) is 22.9 Å². The highest BCUT2D eigenvalue weighted by molar-refractivity contribution is 9.09. The van der Waals surface area contributed by atoms with E-state index in [1.54, 1.807) is 6.92 Å². The van der Waals surface area contributed by atoms with Gasteiger partial charge in [-0.3, -0.25) is 0 Å². The van der Waals surface area contributed by atoms with E-state index in [1.165, 1.54) is 0 Å². The topological polar surface area (TPSA) is 38.9 Å². The van der Waals surface area contributed by atoms with Crippen molar-refractivity contribution < 1.29 is 17.6 Å². The lowest BCUT2D eigenvalue weighted by Gasteiger charge is -1.99. The molecule has 0 aliphatic heterocycles. The van der Waals surface area contributed by atoms with E-state index in [0.29, 0.717) is 6.42 Å². The molecule has 13 heavy (non-hydrogen) atoms. The van der Waals surface area contributed by atoms with Crippen LogP contribution in [0, 0.1) is 0 Å². The maximum Gasteiger partial charge on any atom is 0.470 e. The van der Waals surface area contributed by atoms with Gasteiger partial charge in [-0.05, 0) is 6.42 Å². The van der Waals surface area contributed by atoms with Crippen LogP contribution in [0.25, 0.3) is 0 Å². The van der Waals surface area contributed by atoms with Crippen LogP contribution < -0.4 is 0 Å². The Bertz CT molecular complexity index is 286. The van der Waals surface area contributed by atoms with E-state index in [4.69, 9.17) is 0 Å². The minimum Gasteiger partial charge on any atom is -0.416 e. The summed E-state index contributed by atoms with van der Waals surface area (Å²) in [5.41, 5.74) is 0.